The molecule has 1 aromatic heterocycles. The van der Waals surface area contributed by atoms with Crippen molar-refractivity contribution in [2.75, 3.05) is 5.32 Å². The fraction of sp³-hybridized carbons (Fsp3) is 0.733. The van der Waals surface area contributed by atoms with E-state index in [-0.39, 0.29) is 0 Å². The molecule has 0 saturated heterocycles. The Balaban J connectivity index is 1.87. The number of aromatic nitrogens is 2. The second-order valence-electron chi connectivity index (χ2n) is 6.08. The predicted octanol–water partition coefficient (Wildman–Crippen LogP) is 4.74. The molecule has 0 aliphatic heterocycles. The molecule has 1 aromatic rings. The second-order valence-corrected chi connectivity index (χ2v) is 6.89. The smallest absolute Gasteiger partial charge is 0.135 e. The summed E-state index contributed by atoms with van der Waals surface area (Å²) in [7, 11) is 0. The Morgan fingerprint density at radius 2 is 2.00 bits per heavy atom. The van der Waals surface area contributed by atoms with Crippen LogP contribution in [0.15, 0.2) is 10.7 Å². The zero-order valence-electron chi connectivity index (χ0n) is 12.1. The van der Waals surface area contributed by atoms with Crippen LogP contribution in [-0.4, -0.2) is 16.0 Å². The van der Waals surface area contributed by atoms with Crippen molar-refractivity contribution in [1.29, 1.82) is 0 Å². The summed E-state index contributed by atoms with van der Waals surface area (Å²) in [6, 6.07) is 2.44. The first-order valence-electron chi connectivity index (χ1n) is 7.35. The van der Waals surface area contributed by atoms with Gasteiger partial charge in [-0.2, -0.15) is 0 Å². The van der Waals surface area contributed by atoms with Crippen LogP contribution in [0.2, 0.25) is 0 Å². The molecule has 106 valence electrons. The Hall–Kier alpha value is -0.640. The molecule has 1 aliphatic rings. The molecule has 1 saturated carbocycles. The largest absolute Gasteiger partial charge is 0.367 e. The minimum Gasteiger partial charge on any atom is -0.367 e. The van der Waals surface area contributed by atoms with Crippen molar-refractivity contribution in [3.63, 3.8) is 0 Å². The van der Waals surface area contributed by atoms with Gasteiger partial charge in [-0.05, 0) is 48.0 Å². The van der Waals surface area contributed by atoms with Gasteiger partial charge in [0.1, 0.15) is 16.2 Å². The Labute approximate surface area is 124 Å². The maximum absolute atomic E-state index is 4.63. The van der Waals surface area contributed by atoms with Crippen LogP contribution in [-0.2, 0) is 0 Å². The van der Waals surface area contributed by atoms with Crippen LogP contribution in [0.1, 0.15) is 64.6 Å². The molecule has 1 N–H and O–H groups in total. The van der Waals surface area contributed by atoms with Crippen molar-refractivity contribution in [2.45, 2.75) is 64.8 Å². The van der Waals surface area contributed by atoms with Gasteiger partial charge in [-0.25, -0.2) is 9.97 Å². The van der Waals surface area contributed by atoms with Gasteiger partial charge in [-0.3, -0.25) is 0 Å². The number of anilines is 1. The summed E-state index contributed by atoms with van der Waals surface area (Å²) in [4.78, 5) is 9.08. The highest BCUT2D eigenvalue weighted by Gasteiger charge is 2.27. The summed E-state index contributed by atoms with van der Waals surface area (Å²) in [6.07, 6.45) is 6.23. The number of hydrogen-bond donors (Lipinski definition) is 1. The SMILES string of the molecule is CC(C)CCCC(C)Nc1cc(Br)nc(C2CC2)n1. The monoisotopic (exact) mass is 325 g/mol. The Bertz CT molecular complexity index is 416. The summed E-state index contributed by atoms with van der Waals surface area (Å²) in [5.41, 5.74) is 0. The average molecular weight is 326 g/mol. The van der Waals surface area contributed by atoms with Gasteiger partial charge in [0, 0.05) is 18.0 Å². The summed E-state index contributed by atoms with van der Waals surface area (Å²) in [5.74, 6) is 3.34. The van der Waals surface area contributed by atoms with Crippen molar-refractivity contribution in [3.8, 4) is 0 Å². The van der Waals surface area contributed by atoms with Crippen molar-refractivity contribution in [3.05, 3.63) is 16.5 Å². The first-order valence-corrected chi connectivity index (χ1v) is 8.15. The summed E-state index contributed by atoms with van der Waals surface area (Å²) in [6.45, 7) is 6.79. The number of nitrogens with zero attached hydrogens (tertiary/aromatic N) is 2. The standard InChI is InChI=1S/C15H24BrN3/c1-10(2)5-4-6-11(3)17-14-9-13(16)18-15(19-14)12-7-8-12/h9-12H,4-8H2,1-3H3,(H,17,18,19). The maximum atomic E-state index is 4.63. The van der Waals surface area contributed by atoms with Crippen LogP contribution in [0.3, 0.4) is 0 Å². The van der Waals surface area contributed by atoms with E-state index in [1.54, 1.807) is 0 Å². The van der Waals surface area contributed by atoms with Gasteiger partial charge in [0.15, 0.2) is 0 Å². The molecule has 0 radical (unpaired) electrons. The normalized spacial score (nSPS) is 16.7. The quantitative estimate of drug-likeness (QED) is 0.735. The predicted molar refractivity (Wildman–Crippen MR) is 83.5 cm³/mol. The highest BCUT2D eigenvalue weighted by Crippen LogP contribution is 2.38. The number of nitrogens with one attached hydrogen (secondary N) is 1. The lowest BCUT2D eigenvalue weighted by Crippen LogP contribution is -2.16. The molecule has 1 heterocycles. The minimum atomic E-state index is 0.465. The number of halogens is 1. The van der Waals surface area contributed by atoms with Gasteiger partial charge in [0.05, 0.1) is 0 Å². The van der Waals surface area contributed by atoms with Crippen LogP contribution >= 0.6 is 15.9 Å². The van der Waals surface area contributed by atoms with Gasteiger partial charge in [-0.15, -0.1) is 0 Å². The molecule has 0 spiro atoms. The van der Waals surface area contributed by atoms with E-state index < -0.39 is 0 Å². The van der Waals surface area contributed by atoms with E-state index in [1.807, 2.05) is 6.07 Å². The summed E-state index contributed by atoms with van der Waals surface area (Å²) >= 11 is 3.48. The fourth-order valence-electron chi connectivity index (χ4n) is 2.19. The number of rotatable bonds is 7. The average Bonchev–Trinajstić information content (AvgIpc) is 3.10. The molecule has 2 rings (SSSR count). The maximum Gasteiger partial charge on any atom is 0.135 e. The van der Waals surface area contributed by atoms with Crippen LogP contribution < -0.4 is 5.32 Å². The fourth-order valence-corrected chi connectivity index (χ4v) is 2.59. The van der Waals surface area contributed by atoms with Crippen LogP contribution in [0.4, 0.5) is 5.82 Å². The lowest BCUT2D eigenvalue weighted by molar-refractivity contribution is 0.520. The van der Waals surface area contributed by atoms with E-state index in [0.717, 1.165) is 22.2 Å². The molecule has 19 heavy (non-hydrogen) atoms. The van der Waals surface area contributed by atoms with Crippen LogP contribution in [0.5, 0.6) is 0 Å². The summed E-state index contributed by atoms with van der Waals surface area (Å²) < 4.78 is 0.890. The Morgan fingerprint density at radius 1 is 1.26 bits per heavy atom. The van der Waals surface area contributed by atoms with Gasteiger partial charge in [-0.1, -0.05) is 26.7 Å². The highest BCUT2D eigenvalue weighted by atomic mass is 79.9. The van der Waals surface area contributed by atoms with Crippen molar-refractivity contribution >= 4 is 21.7 Å². The molecule has 4 heteroatoms. The Kier molecular flexibility index (Phi) is 5.20. The zero-order chi connectivity index (χ0) is 13.8. The molecule has 0 amide bonds. The van der Waals surface area contributed by atoms with Gasteiger partial charge in [0.2, 0.25) is 0 Å². The lowest BCUT2D eigenvalue weighted by atomic mass is 10.0. The lowest BCUT2D eigenvalue weighted by Gasteiger charge is -2.15. The van der Waals surface area contributed by atoms with E-state index >= 15 is 0 Å². The van der Waals surface area contributed by atoms with Gasteiger partial charge in [0.25, 0.3) is 0 Å². The van der Waals surface area contributed by atoms with E-state index in [1.165, 1.54) is 32.1 Å². The van der Waals surface area contributed by atoms with Crippen molar-refractivity contribution in [2.24, 2.45) is 5.92 Å². The first-order chi connectivity index (χ1) is 9.04. The highest BCUT2D eigenvalue weighted by molar-refractivity contribution is 9.10. The molecule has 3 nitrogen and oxygen atoms in total. The number of hydrogen-bond acceptors (Lipinski definition) is 3. The minimum absolute atomic E-state index is 0.465. The topological polar surface area (TPSA) is 37.8 Å². The van der Waals surface area contributed by atoms with E-state index in [0.29, 0.717) is 12.0 Å². The third-order valence-corrected chi connectivity index (χ3v) is 3.87. The third kappa shape index (κ3) is 5.09. The molecule has 1 atom stereocenters. The van der Waals surface area contributed by atoms with Crippen molar-refractivity contribution < 1.29 is 0 Å². The molecule has 0 bridgehead atoms. The van der Waals surface area contributed by atoms with Crippen LogP contribution in [0, 0.1) is 5.92 Å². The molecule has 1 unspecified atom stereocenters. The molecular weight excluding hydrogens is 302 g/mol. The van der Waals surface area contributed by atoms with Crippen LogP contribution in [0.25, 0.3) is 0 Å². The first kappa shape index (κ1) is 14.8. The second kappa shape index (κ2) is 6.69. The zero-order valence-corrected chi connectivity index (χ0v) is 13.7. The molecule has 1 fully saturated rings. The van der Waals surface area contributed by atoms with Crippen molar-refractivity contribution in [1.82, 2.24) is 9.97 Å². The van der Waals surface area contributed by atoms with Gasteiger partial charge < -0.3 is 5.32 Å². The third-order valence-electron chi connectivity index (χ3n) is 3.47. The van der Waals surface area contributed by atoms with E-state index in [4.69, 9.17) is 0 Å². The Morgan fingerprint density at radius 3 is 2.63 bits per heavy atom. The van der Waals surface area contributed by atoms with Gasteiger partial charge >= 0.3 is 0 Å². The molecule has 0 aromatic carbocycles. The van der Waals surface area contributed by atoms with E-state index in [9.17, 15) is 0 Å². The van der Waals surface area contributed by atoms with E-state index in [2.05, 4.69) is 52.0 Å². The molecular formula is C15H24BrN3. The molecule has 1 aliphatic carbocycles. The summed E-state index contributed by atoms with van der Waals surface area (Å²) in [5, 5.41) is 3.50.